The second-order valence-electron chi connectivity index (χ2n) is 28.7. The van der Waals surface area contributed by atoms with Crippen LogP contribution in [0.3, 0.4) is 0 Å². The number of aromatic hydroxyl groups is 1. The van der Waals surface area contributed by atoms with Gasteiger partial charge < -0.3 is 54.5 Å². The molecule has 3 heterocycles. The minimum Gasteiger partial charge on any atom is -0.543 e. The smallest absolute Gasteiger partial charge is 0.324 e. The fourth-order valence-corrected chi connectivity index (χ4v) is 13.0. The van der Waals surface area contributed by atoms with Gasteiger partial charge >= 0.3 is 11.9 Å². The first-order valence-corrected chi connectivity index (χ1v) is 38.2. The van der Waals surface area contributed by atoms with Gasteiger partial charge in [-0.1, -0.05) is 163 Å². The third kappa shape index (κ3) is 25.8. The molecule has 23 nitrogen and oxygen atoms in total. The number of carbonyl (C=O) groups is 8. The molecule has 3 aliphatic rings. The average molecular weight is 1410 g/mol. The van der Waals surface area contributed by atoms with Crippen LogP contribution in [-0.2, 0) is 74.9 Å². The fourth-order valence-electron chi connectivity index (χ4n) is 12.0. The van der Waals surface area contributed by atoms with Crippen molar-refractivity contribution in [3.63, 3.8) is 0 Å². The molecule has 2 bridgehead atoms. The molecule has 6 amide bonds. The molecular formula is C76H118N8O15Si. The number of nitrogens with one attached hydrogen (secondary N) is 6. The van der Waals surface area contributed by atoms with Crippen LogP contribution >= 0.6 is 0 Å². The maximum atomic E-state index is 14.3. The molecule has 2 fully saturated rings. The summed E-state index contributed by atoms with van der Waals surface area (Å²) in [6.07, 6.45) is 16.8. The number of hydrogen-bond donors (Lipinski definition) is 7. The van der Waals surface area contributed by atoms with E-state index < -0.39 is 104 Å². The van der Waals surface area contributed by atoms with Crippen molar-refractivity contribution < 1.29 is 71.6 Å². The summed E-state index contributed by atoms with van der Waals surface area (Å²) in [5.41, 5.74) is 7.45. The van der Waals surface area contributed by atoms with Crippen molar-refractivity contribution in [2.75, 3.05) is 47.6 Å². The minimum atomic E-state index is -2.16. The van der Waals surface area contributed by atoms with Crippen LogP contribution in [0, 0.1) is 41.4 Å². The van der Waals surface area contributed by atoms with Gasteiger partial charge in [-0.05, 0) is 116 Å². The van der Waals surface area contributed by atoms with E-state index in [2.05, 4.69) is 86.1 Å². The zero-order chi connectivity index (χ0) is 74.6. The summed E-state index contributed by atoms with van der Waals surface area (Å²) < 4.78 is 34.7. The lowest BCUT2D eigenvalue weighted by atomic mass is 9.83. The number of allylic oxidation sites excluding steroid dienone is 5. The van der Waals surface area contributed by atoms with Crippen molar-refractivity contribution in [3.05, 3.63) is 121 Å². The largest absolute Gasteiger partial charge is 0.543 e. The molecule has 2 saturated heterocycles. The first-order valence-electron chi connectivity index (χ1n) is 35.3. The van der Waals surface area contributed by atoms with Crippen LogP contribution in [0.25, 0.3) is 0 Å². The molecule has 0 spiro atoms. The normalized spacial score (nSPS) is 24.1. The highest BCUT2D eigenvalue weighted by atomic mass is 28.4. The number of hydrazine groups is 2. The molecule has 100 heavy (non-hydrogen) atoms. The maximum Gasteiger partial charge on any atom is 0.324 e. The number of phenols is 1. The number of cyclic esters (lactones) is 1. The van der Waals surface area contributed by atoms with Gasteiger partial charge in [0.25, 0.3) is 11.8 Å². The first kappa shape index (κ1) is 84.9. The van der Waals surface area contributed by atoms with E-state index in [9.17, 15) is 43.5 Å². The second kappa shape index (κ2) is 41.4. The summed E-state index contributed by atoms with van der Waals surface area (Å²) >= 11 is 0. The molecule has 5 rings (SSSR count). The van der Waals surface area contributed by atoms with Gasteiger partial charge in [0.15, 0.2) is 0 Å². The van der Waals surface area contributed by atoms with Crippen LogP contribution in [0.15, 0.2) is 110 Å². The molecule has 0 unspecified atom stereocenters. The molecule has 3 aliphatic heterocycles. The number of phenolic OH excluding ortho intramolecular Hbond substituents is 1. The van der Waals surface area contributed by atoms with E-state index in [1.54, 1.807) is 52.4 Å². The van der Waals surface area contributed by atoms with E-state index in [0.29, 0.717) is 62.9 Å². The molecule has 0 radical (unpaired) electrons. The minimum absolute atomic E-state index is 0.00296. The number of ether oxygens (including phenoxy) is 5. The number of methoxy groups -OCH3 is 3. The quantitative estimate of drug-likeness (QED) is 0.0160. The van der Waals surface area contributed by atoms with Gasteiger partial charge in [0.05, 0.1) is 43.4 Å². The summed E-state index contributed by atoms with van der Waals surface area (Å²) in [6, 6.07) is 8.64. The van der Waals surface area contributed by atoms with Gasteiger partial charge in [0, 0.05) is 53.2 Å². The average Bonchev–Trinajstić information content (AvgIpc) is 0.827. The number of benzene rings is 2. The molecule has 7 N–H and O–H groups in total. The number of carbonyl (C=O) groups excluding carboxylic acids is 8. The molecule has 0 aliphatic carbocycles. The summed E-state index contributed by atoms with van der Waals surface area (Å²) in [6.45, 7) is 36.2. The van der Waals surface area contributed by atoms with E-state index in [1.165, 1.54) is 29.3 Å². The van der Waals surface area contributed by atoms with Crippen molar-refractivity contribution >= 4 is 55.7 Å². The first-order chi connectivity index (χ1) is 47.2. The highest BCUT2D eigenvalue weighted by Crippen LogP contribution is 2.38. The van der Waals surface area contributed by atoms with E-state index in [-0.39, 0.29) is 84.4 Å². The molecule has 2 aromatic rings. The van der Waals surface area contributed by atoms with Crippen molar-refractivity contribution in [1.29, 1.82) is 0 Å². The highest BCUT2D eigenvalue weighted by Gasteiger charge is 2.42. The molecule has 14 atom stereocenters. The Morgan fingerprint density at radius 1 is 0.840 bits per heavy atom. The Balaban J connectivity index is 0.000000429. The Morgan fingerprint density at radius 3 is 2.16 bits per heavy atom. The molecular weight excluding hydrogens is 1290 g/mol. The van der Waals surface area contributed by atoms with E-state index in [1.807, 2.05) is 102 Å². The summed E-state index contributed by atoms with van der Waals surface area (Å²) in [4.78, 5) is 109. The van der Waals surface area contributed by atoms with Crippen LogP contribution < -0.4 is 36.5 Å². The van der Waals surface area contributed by atoms with Crippen LogP contribution in [0.2, 0.25) is 18.1 Å². The Kier molecular flexibility index (Phi) is 35.2. The van der Waals surface area contributed by atoms with Gasteiger partial charge in [0.1, 0.15) is 47.8 Å². The lowest BCUT2D eigenvalue weighted by Crippen LogP contribution is -2.62. The number of nitrogens with zero attached hydrogens (tertiary/aromatic N) is 2. The lowest BCUT2D eigenvalue weighted by Gasteiger charge is -2.37. The fraction of sp³-hybridized carbons (Fsp3) is 0.605. The van der Waals surface area contributed by atoms with Crippen LogP contribution in [0.5, 0.6) is 11.5 Å². The predicted molar refractivity (Wildman–Crippen MR) is 390 cm³/mol. The van der Waals surface area contributed by atoms with Gasteiger partial charge in [-0.15, -0.1) is 6.58 Å². The molecule has 556 valence electrons. The van der Waals surface area contributed by atoms with E-state index in [0.717, 1.165) is 5.56 Å². The topological polar surface area (TPSA) is 291 Å². The lowest BCUT2D eigenvalue weighted by molar-refractivity contribution is -0.154. The molecule has 24 heteroatoms. The molecule has 0 aromatic heterocycles. The predicted octanol–water partition coefficient (Wildman–Crippen LogP) is 8.94. The zero-order valence-electron chi connectivity index (χ0n) is 62.4. The van der Waals surface area contributed by atoms with Crippen LogP contribution in [0.4, 0.5) is 0 Å². The Bertz CT molecular complexity index is 3110. The number of rotatable bonds is 25. The SMILES string of the molecule is C=C/C=C/[C@H](C)[C@H](C)[C@@H](OC)[C@@H](C)C(=O)N[C@H](C(=O)N[C@@H](Cc1cccc(O[Si](C)(C)C(C)(C)C)c1)C(=O)N1CCC[C@@H](C(=O)OCCC=C)N1)C(C)C.CO[C@@H]1[C@@H](C)[C@@H](OC)/C=C/C=C/CCOC(=O)[C@@H]2CCCN(N2)C(=O)[C@H](Cc2cccc(O)c2)NC(=O)[C@H](C(C)C)NC(=O)[C@@H]1C. The second-order valence-corrected chi connectivity index (χ2v) is 33.4. The number of hydrogen-bond acceptors (Lipinski definition) is 17. The zero-order valence-corrected chi connectivity index (χ0v) is 63.4. The standard InChI is InChI=1S/C42H68N4O7Si.C34H50N4O8/c1-14-16-20-29(5)30(6)37(51-11)31(7)38(47)44-36(28(3)4)39(48)43-35(27-32-21-18-22-33(26-32)53-54(12,13)42(8,9)10)40(49)46-24-19-23-34(45-46)41(50)52-25-17-15-2;1-21(2)29-32(41)35-27(20-24-13-11-14-25(39)19-24)33(42)38-17-12-15-26(37-38)34(43)46-18-10-8-7-9-16-28(44-5)22(3)30(45-6)23(4)31(40)36-29/h14-16,18,20-22,26,28-31,34-37,45H,1-2,17,19,23-25,27H2,3-13H3,(H,43,48)(H,44,47);7-9,11,13-14,16,19,21-23,26-30,37,39H,10,12,15,17-18,20H2,1-6H3,(H,35,41)(H,36,40)/b20-16+;8-7+,16-9+/t29-,30-,31+,34-,35-,36-,37+;22-,23+,26-,27-,28-,29-,30+/m00/s1. The summed E-state index contributed by atoms with van der Waals surface area (Å²) in [5, 5.41) is 24.5. The van der Waals surface area contributed by atoms with E-state index in [4.69, 9.17) is 28.1 Å². The Hall–Kier alpha value is -7.48. The number of esters is 2. The number of fused-ring (bicyclic) bond motifs is 2. The van der Waals surface area contributed by atoms with Crippen LogP contribution in [-0.4, -0.2) is 173 Å². The Morgan fingerprint density at radius 2 is 1.53 bits per heavy atom. The van der Waals surface area contributed by atoms with Crippen LogP contribution in [0.1, 0.15) is 133 Å². The van der Waals surface area contributed by atoms with Crippen molar-refractivity contribution in [3.8, 4) is 11.5 Å². The van der Waals surface area contributed by atoms with Gasteiger partial charge in [-0.25, -0.2) is 10.9 Å². The number of amides is 6. The van der Waals surface area contributed by atoms with Gasteiger partial charge in [-0.3, -0.25) is 48.4 Å². The van der Waals surface area contributed by atoms with E-state index >= 15 is 0 Å². The van der Waals surface area contributed by atoms with Crippen molar-refractivity contribution in [2.24, 2.45) is 41.4 Å². The summed E-state index contributed by atoms with van der Waals surface area (Å²) in [5.74, 6) is -4.69. The summed E-state index contributed by atoms with van der Waals surface area (Å²) in [7, 11) is 2.55. The molecule has 0 saturated carbocycles. The molecule has 2 aromatic carbocycles. The van der Waals surface area contributed by atoms with Crippen molar-refractivity contribution in [2.45, 2.75) is 207 Å². The van der Waals surface area contributed by atoms with Gasteiger partial charge in [0.2, 0.25) is 31.9 Å². The highest BCUT2D eigenvalue weighted by molar-refractivity contribution is 6.74. The third-order valence-corrected chi connectivity index (χ3v) is 23.6. The van der Waals surface area contributed by atoms with Gasteiger partial charge in [-0.2, -0.15) is 0 Å². The third-order valence-electron chi connectivity index (χ3n) is 19.3. The maximum absolute atomic E-state index is 14.3. The Labute approximate surface area is 595 Å². The monoisotopic (exact) mass is 1410 g/mol. The van der Waals surface area contributed by atoms with Crippen molar-refractivity contribution in [1.82, 2.24) is 42.1 Å².